The molecule has 3 nitrogen and oxygen atoms in total. The fourth-order valence-corrected chi connectivity index (χ4v) is 2.78. The number of hydrogen-bond acceptors (Lipinski definition) is 4. The first-order valence-corrected chi connectivity index (χ1v) is 7.19. The molecule has 2 rings (SSSR count). The largest absolute Gasteiger partial charge is 0.485 e. The lowest BCUT2D eigenvalue weighted by Gasteiger charge is -2.04. The van der Waals surface area contributed by atoms with E-state index < -0.39 is 0 Å². The molecule has 0 bridgehead atoms. The maximum absolute atomic E-state index is 11.8. The average Bonchev–Trinajstić information content (AvgIpc) is 2.83. The predicted octanol–water partition coefficient (Wildman–Crippen LogP) is 3.97. The van der Waals surface area contributed by atoms with Crippen molar-refractivity contribution in [1.82, 2.24) is 0 Å². The molecule has 0 N–H and O–H groups in total. The smallest absolute Gasteiger partial charge is 0.210 e. The van der Waals surface area contributed by atoms with Crippen LogP contribution in [-0.4, -0.2) is 18.2 Å². The molecule has 0 amide bonds. The summed E-state index contributed by atoms with van der Waals surface area (Å²) >= 11 is 4.69. The van der Waals surface area contributed by atoms with E-state index in [1.165, 1.54) is 18.3 Å². The lowest BCUT2D eigenvalue weighted by molar-refractivity contribution is 0.0924. The Bertz CT molecular complexity index is 601. The third-order valence-electron chi connectivity index (χ3n) is 2.48. The fraction of sp³-hybridized carbons (Fsp3) is 0.143. The number of thiophene rings is 1. The second-order valence-corrected chi connectivity index (χ2v) is 6.36. The van der Waals surface area contributed by atoms with E-state index in [1.54, 1.807) is 30.3 Å². The standard InChI is InChI=1S/C14H11BrO3S/c1-9(16)10-2-4-11(5-3-10)18-8-12(17)13-6-7-14(15)19-13/h2-7H,8H2,1H3. The predicted molar refractivity (Wildman–Crippen MR) is 78.3 cm³/mol. The van der Waals surface area contributed by atoms with Crippen LogP contribution in [0.5, 0.6) is 5.75 Å². The van der Waals surface area contributed by atoms with Crippen molar-refractivity contribution >= 4 is 38.8 Å². The molecule has 0 aliphatic rings. The summed E-state index contributed by atoms with van der Waals surface area (Å²) in [6, 6.07) is 10.3. The van der Waals surface area contributed by atoms with Crippen molar-refractivity contribution in [3.63, 3.8) is 0 Å². The Morgan fingerprint density at radius 2 is 1.84 bits per heavy atom. The number of benzene rings is 1. The number of ether oxygens (including phenoxy) is 1. The van der Waals surface area contributed by atoms with Crippen LogP contribution in [0.1, 0.15) is 27.0 Å². The molecule has 1 aromatic carbocycles. The van der Waals surface area contributed by atoms with Gasteiger partial charge in [0.25, 0.3) is 0 Å². The van der Waals surface area contributed by atoms with Gasteiger partial charge >= 0.3 is 0 Å². The van der Waals surface area contributed by atoms with Crippen LogP contribution in [0.25, 0.3) is 0 Å². The molecule has 0 fully saturated rings. The van der Waals surface area contributed by atoms with Gasteiger partial charge in [-0.3, -0.25) is 9.59 Å². The molecular weight excluding hydrogens is 328 g/mol. The molecule has 98 valence electrons. The Balaban J connectivity index is 1.95. The first-order valence-electron chi connectivity index (χ1n) is 5.58. The number of rotatable bonds is 5. The van der Waals surface area contributed by atoms with Crippen LogP contribution in [0.15, 0.2) is 40.2 Å². The molecule has 0 radical (unpaired) electrons. The minimum Gasteiger partial charge on any atom is -0.485 e. The van der Waals surface area contributed by atoms with Crippen molar-refractivity contribution in [2.45, 2.75) is 6.92 Å². The highest BCUT2D eigenvalue weighted by Crippen LogP contribution is 2.22. The Morgan fingerprint density at radius 3 is 2.37 bits per heavy atom. The van der Waals surface area contributed by atoms with Gasteiger partial charge in [0.05, 0.1) is 8.66 Å². The van der Waals surface area contributed by atoms with Crippen molar-refractivity contribution < 1.29 is 14.3 Å². The zero-order valence-electron chi connectivity index (χ0n) is 10.2. The summed E-state index contributed by atoms with van der Waals surface area (Å²) in [7, 11) is 0. The second-order valence-electron chi connectivity index (χ2n) is 3.90. The quantitative estimate of drug-likeness (QED) is 0.774. The van der Waals surface area contributed by atoms with Gasteiger partial charge in [0.15, 0.2) is 12.4 Å². The molecule has 0 aliphatic carbocycles. The number of carbonyl (C=O) groups excluding carboxylic acids is 2. The van der Waals surface area contributed by atoms with Gasteiger partial charge in [0, 0.05) is 5.56 Å². The van der Waals surface area contributed by atoms with Gasteiger partial charge in [0.1, 0.15) is 5.75 Å². The van der Waals surface area contributed by atoms with Crippen LogP contribution < -0.4 is 4.74 Å². The van der Waals surface area contributed by atoms with Gasteiger partial charge in [-0.15, -0.1) is 11.3 Å². The molecule has 2 aromatic rings. The molecule has 0 aliphatic heterocycles. The minimum absolute atomic E-state index is 0.00561. The van der Waals surface area contributed by atoms with E-state index in [0.29, 0.717) is 16.2 Å². The Morgan fingerprint density at radius 1 is 1.16 bits per heavy atom. The zero-order valence-corrected chi connectivity index (χ0v) is 12.6. The first-order chi connectivity index (χ1) is 9.06. The normalized spacial score (nSPS) is 10.2. The van der Waals surface area contributed by atoms with E-state index in [1.807, 2.05) is 6.07 Å². The number of hydrogen-bond donors (Lipinski definition) is 0. The van der Waals surface area contributed by atoms with Crippen LogP contribution in [-0.2, 0) is 0 Å². The van der Waals surface area contributed by atoms with Gasteiger partial charge in [0.2, 0.25) is 5.78 Å². The van der Waals surface area contributed by atoms with E-state index in [-0.39, 0.29) is 18.2 Å². The van der Waals surface area contributed by atoms with Crippen LogP contribution in [0, 0.1) is 0 Å². The van der Waals surface area contributed by atoms with Crippen LogP contribution >= 0.6 is 27.3 Å². The van der Waals surface area contributed by atoms with E-state index in [9.17, 15) is 9.59 Å². The summed E-state index contributed by atoms with van der Waals surface area (Å²) in [6.45, 7) is 1.50. The highest BCUT2D eigenvalue weighted by Gasteiger charge is 2.09. The summed E-state index contributed by atoms with van der Waals surface area (Å²) in [5.41, 5.74) is 0.626. The third-order valence-corrected chi connectivity index (χ3v) is 4.14. The van der Waals surface area contributed by atoms with Crippen molar-refractivity contribution in [1.29, 1.82) is 0 Å². The maximum atomic E-state index is 11.8. The minimum atomic E-state index is -0.0636. The van der Waals surface area contributed by atoms with E-state index in [2.05, 4.69) is 15.9 Å². The van der Waals surface area contributed by atoms with Crippen molar-refractivity contribution in [3.05, 3.63) is 50.6 Å². The van der Waals surface area contributed by atoms with E-state index in [0.717, 1.165) is 3.79 Å². The Labute approximate surface area is 123 Å². The van der Waals surface area contributed by atoms with E-state index in [4.69, 9.17) is 4.74 Å². The topological polar surface area (TPSA) is 43.4 Å². The lowest BCUT2D eigenvalue weighted by atomic mass is 10.1. The summed E-state index contributed by atoms with van der Waals surface area (Å²) in [6.07, 6.45) is 0. The molecule has 19 heavy (non-hydrogen) atoms. The highest BCUT2D eigenvalue weighted by atomic mass is 79.9. The van der Waals surface area contributed by atoms with Gasteiger partial charge in [-0.2, -0.15) is 0 Å². The Kier molecular flexibility index (Phi) is 4.50. The van der Waals surface area contributed by atoms with Gasteiger partial charge in [-0.25, -0.2) is 0 Å². The molecule has 0 spiro atoms. The van der Waals surface area contributed by atoms with Crippen LogP contribution in [0.3, 0.4) is 0 Å². The Hall–Kier alpha value is -1.46. The summed E-state index contributed by atoms with van der Waals surface area (Å²) < 4.78 is 6.31. The molecule has 0 atom stereocenters. The van der Waals surface area contributed by atoms with Crippen LogP contribution in [0.2, 0.25) is 0 Å². The molecule has 1 aromatic heterocycles. The van der Waals surface area contributed by atoms with E-state index >= 15 is 0 Å². The summed E-state index contributed by atoms with van der Waals surface area (Å²) in [5.74, 6) is 0.520. The molecule has 0 saturated heterocycles. The van der Waals surface area contributed by atoms with Crippen molar-refractivity contribution in [3.8, 4) is 5.75 Å². The molecule has 5 heteroatoms. The number of ketones is 2. The molecule has 0 saturated carbocycles. The fourth-order valence-electron chi connectivity index (χ4n) is 1.47. The molecular formula is C14H11BrO3S. The molecule has 1 heterocycles. The summed E-state index contributed by atoms with van der Waals surface area (Å²) in [4.78, 5) is 23.6. The molecule has 0 unspecified atom stereocenters. The van der Waals surface area contributed by atoms with Crippen molar-refractivity contribution in [2.75, 3.05) is 6.61 Å². The zero-order chi connectivity index (χ0) is 13.8. The SMILES string of the molecule is CC(=O)c1ccc(OCC(=O)c2ccc(Br)s2)cc1. The first kappa shape index (κ1) is 14.0. The van der Waals surface area contributed by atoms with Gasteiger partial charge in [-0.1, -0.05) is 0 Å². The number of carbonyl (C=O) groups is 2. The van der Waals surface area contributed by atoms with Gasteiger partial charge < -0.3 is 4.74 Å². The van der Waals surface area contributed by atoms with Crippen molar-refractivity contribution in [2.24, 2.45) is 0 Å². The van der Waals surface area contributed by atoms with Gasteiger partial charge in [-0.05, 0) is 59.3 Å². The summed E-state index contributed by atoms with van der Waals surface area (Å²) in [5, 5.41) is 0. The van der Waals surface area contributed by atoms with Crippen LogP contribution in [0.4, 0.5) is 0 Å². The number of Topliss-reactive ketones (excluding diaryl/α,β-unsaturated/α-hetero) is 2. The highest BCUT2D eigenvalue weighted by molar-refractivity contribution is 9.11. The maximum Gasteiger partial charge on any atom is 0.210 e. The number of halogens is 1. The second kappa shape index (κ2) is 6.12. The third kappa shape index (κ3) is 3.75. The monoisotopic (exact) mass is 338 g/mol. The lowest BCUT2D eigenvalue weighted by Crippen LogP contribution is -2.10. The average molecular weight is 339 g/mol.